The number of hydrogen-bond donors (Lipinski definition) is 1. The van der Waals surface area contributed by atoms with E-state index in [1.807, 2.05) is 66.2 Å². The van der Waals surface area contributed by atoms with Gasteiger partial charge in [-0.15, -0.1) is 11.3 Å². The zero-order chi connectivity index (χ0) is 19.5. The van der Waals surface area contributed by atoms with Crippen molar-refractivity contribution in [1.29, 1.82) is 0 Å². The van der Waals surface area contributed by atoms with E-state index >= 15 is 0 Å². The van der Waals surface area contributed by atoms with Gasteiger partial charge in [0.25, 0.3) is 0 Å². The van der Waals surface area contributed by atoms with Gasteiger partial charge in [-0.25, -0.2) is 4.68 Å². The van der Waals surface area contributed by atoms with Crippen molar-refractivity contribution in [3.8, 4) is 17.0 Å². The van der Waals surface area contributed by atoms with Gasteiger partial charge < -0.3 is 5.11 Å². The number of fused-ring (bicyclic) bond motifs is 1. The van der Waals surface area contributed by atoms with Crippen LogP contribution in [0.3, 0.4) is 0 Å². The van der Waals surface area contributed by atoms with E-state index in [1.54, 1.807) is 23.6 Å². The van der Waals surface area contributed by atoms with E-state index in [1.165, 1.54) is 0 Å². The molecule has 6 heteroatoms. The summed E-state index contributed by atoms with van der Waals surface area (Å²) in [4.78, 5) is 5.38. The Kier molecular flexibility index (Phi) is 5.41. The van der Waals surface area contributed by atoms with Crippen LogP contribution in [0.2, 0.25) is 0 Å². The highest BCUT2D eigenvalue weighted by atomic mass is 79.9. The fourth-order valence-electron chi connectivity index (χ4n) is 3.04. The van der Waals surface area contributed by atoms with Crippen LogP contribution in [0, 0.1) is 0 Å². The Morgan fingerprint density at radius 2 is 1.86 bits per heavy atom. The monoisotopic (exact) mass is 451 g/mol. The fraction of sp³-hybridized carbons (Fsp3) is 0.0909. The molecular weight excluding hydrogens is 434 g/mol. The van der Waals surface area contributed by atoms with Crippen molar-refractivity contribution < 1.29 is 5.11 Å². The zero-order valence-corrected chi connectivity index (χ0v) is 17.6. The largest absolute Gasteiger partial charge is 0.507 e. The van der Waals surface area contributed by atoms with E-state index in [0.717, 1.165) is 31.3 Å². The molecule has 0 radical (unpaired) electrons. The smallest absolute Gasteiger partial charge is 0.206 e. The Hall–Kier alpha value is -2.70. The number of benzene rings is 3. The van der Waals surface area contributed by atoms with Crippen molar-refractivity contribution in [2.75, 3.05) is 6.54 Å². The Balaban J connectivity index is 1.89. The highest BCUT2D eigenvalue weighted by molar-refractivity contribution is 9.10. The van der Waals surface area contributed by atoms with Crippen LogP contribution in [0.15, 0.2) is 80.6 Å². The van der Waals surface area contributed by atoms with E-state index in [9.17, 15) is 5.11 Å². The van der Waals surface area contributed by atoms with Crippen LogP contribution in [0.1, 0.15) is 12.5 Å². The minimum Gasteiger partial charge on any atom is -0.507 e. The molecule has 1 N–H and O–H groups in total. The second-order valence-electron chi connectivity index (χ2n) is 6.13. The molecular formula is C22H18BrN3OS. The van der Waals surface area contributed by atoms with Gasteiger partial charge in [0.1, 0.15) is 5.75 Å². The van der Waals surface area contributed by atoms with Gasteiger partial charge in [0.2, 0.25) is 4.80 Å². The molecule has 0 bridgehead atoms. The molecule has 0 saturated heterocycles. The third kappa shape index (κ3) is 3.53. The molecule has 0 amide bonds. The third-order valence-corrected chi connectivity index (χ3v) is 5.92. The molecule has 4 nitrogen and oxygen atoms in total. The van der Waals surface area contributed by atoms with E-state index < -0.39 is 0 Å². The molecule has 3 aromatic carbocycles. The van der Waals surface area contributed by atoms with Crippen LogP contribution in [0.25, 0.3) is 22.0 Å². The van der Waals surface area contributed by atoms with Gasteiger partial charge in [-0.2, -0.15) is 5.10 Å². The van der Waals surface area contributed by atoms with Crippen molar-refractivity contribution in [2.45, 2.75) is 6.92 Å². The molecule has 140 valence electrons. The van der Waals surface area contributed by atoms with Gasteiger partial charge in [-0.3, -0.25) is 4.99 Å². The summed E-state index contributed by atoms with van der Waals surface area (Å²) in [6, 6.07) is 19.6. The Bertz CT molecular complexity index is 1240. The summed E-state index contributed by atoms with van der Waals surface area (Å²) in [5, 5.41) is 19.2. The number of aromatic nitrogens is 1. The first-order valence-electron chi connectivity index (χ1n) is 8.90. The second kappa shape index (κ2) is 8.12. The minimum absolute atomic E-state index is 0.203. The van der Waals surface area contributed by atoms with E-state index in [-0.39, 0.29) is 5.75 Å². The normalized spacial score (nSPS) is 12.3. The van der Waals surface area contributed by atoms with Crippen molar-refractivity contribution >= 4 is 44.3 Å². The van der Waals surface area contributed by atoms with Crippen molar-refractivity contribution in [3.05, 3.63) is 80.9 Å². The van der Waals surface area contributed by atoms with Crippen molar-refractivity contribution in [3.63, 3.8) is 0 Å². The quantitative estimate of drug-likeness (QED) is 0.401. The molecule has 0 aliphatic heterocycles. The van der Waals surface area contributed by atoms with Gasteiger partial charge in [0.15, 0.2) is 0 Å². The third-order valence-electron chi connectivity index (χ3n) is 4.38. The maximum absolute atomic E-state index is 10.4. The molecule has 0 saturated carbocycles. The molecule has 0 unspecified atom stereocenters. The Morgan fingerprint density at radius 3 is 2.68 bits per heavy atom. The average Bonchev–Trinajstić information content (AvgIpc) is 3.10. The fourth-order valence-corrected chi connectivity index (χ4v) is 4.42. The summed E-state index contributed by atoms with van der Waals surface area (Å²) in [5.41, 5.74) is 2.67. The molecule has 1 heterocycles. The first kappa shape index (κ1) is 18.7. The molecule has 1 aromatic heterocycles. The number of hydrogen-bond acceptors (Lipinski definition) is 4. The second-order valence-corrected chi connectivity index (χ2v) is 7.82. The SMILES string of the molecule is CCN=c1scc(-c2ccccc2Br)n1N=Cc1c(O)ccc2ccccc12. The zero-order valence-electron chi connectivity index (χ0n) is 15.2. The molecule has 4 aromatic rings. The number of phenols is 1. The molecule has 4 rings (SSSR count). The molecule has 0 aliphatic carbocycles. The van der Waals surface area contributed by atoms with Gasteiger partial charge in [0, 0.05) is 27.5 Å². The number of aromatic hydroxyl groups is 1. The van der Waals surface area contributed by atoms with Crippen LogP contribution in [0.5, 0.6) is 5.75 Å². The first-order valence-corrected chi connectivity index (χ1v) is 10.6. The Labute approximate surface area is 175 Å². The summed E-state index contributed by atoms with van der Waals surface area (Å²) in [6.07, 6.45) is 1.71. The van der Waals surface area contributed by atoms with Crippen LogP contribution in [-0.2, 0) is 0 Å². The summed E-state index contributed by atoms with van der Waals surface area (Å²) in [6.45, 7) is 2.67. The lowest BCUT2D eigenvalue weighted by atomic mass is 10.0. The summed E-state index contributed by atoms with van der Waals surface area (Å²) >= 11 is 5.17. The standard InChI is InChI=1S/C22H18BrN3OS/c1-2-24-22-26(20(14-28-22)17-9-5-6-10-19(17)23)25-13-18-16-8-4-3-7-15(16)11-12-21(18)27/h3-14,27H,2H2,1H3. The molecule has 0 spiro atoms. The highest BCUT2D eigenvalue weighted by Crippen LogP contribution is 2.29. The molecule has 0 atom stereocenters. The van der Waals surface area contributed by atoms with Gasteiger partial charge >= 0.3 is 0 Å². The predicted molar refractivity (Wildman–Crippen MR) is 120 cm³/mol. The predicted octanol–water partition coefficient (Wildman–Crippen LogP) is 5.64. The maximum atomic E-state index is 10.4. The topological polar surface area (TPSA) is 49.9 Å². The van der Waals surface area contributed by atoms with E-state index in [4.69, 9.17) is 5.10 Å². The average molecular weight is 452 g/mol. The van der Waals surface area contributed by atoms with E-state index in [0.29, 0.717) is 12.1 Å². The summed E-state index contributed by atoms with van der Waals surface area (Å²) in [5.74, 6) is 0.203. The lowest BCUT2D eigenvalue weighted by Crippen LogP contribution is -2.12. The summed E-state index contributed by atoms with van der Waals surface area (Å²) < 4.78 is 2.82. The number of thiazole rings is 1. The lowest BCUT2D eigenvalue weighted by molar-refractivity contribution is 0.475. The lowest BCUT2D eigenvalue weighted by Gasteiger charge is -2.07. The molecule has 0 fully saturated rings. The van der Waals surface area contributed by atoms with Crippen LogP contribution >= 0.6 is 27.3 Å². The number of nitrogens with zero attached hydrogens (tertiary/aromatic N) is 3. The van der Waals surface area contributed by atoms with Gasteiger partial charge in [0.05, 0.1) is 11.9 Å². The Morgan fingerprint density at radius 1 is 1.07 bits per heavy atom. The van der Waals surface area contributed by atoms with Gasteiger partial charge in [-0.1, -0.05) is 64.5 Å². The van der Waals surface area contributed by atoms with Crippen LogP contribution in [-0.4, -0.2) is 22.5 Å². The maximum Gasteiger partial charge on any atom is 0.206 e. The van der Waals surface area contributed by atoms with Crippen LogP contribution in [0.4, 0.5) is 0 Å². The summed E-state index contributed by atoms with van der Waals surface area (Å²) in [7, 11) is 0. The van der Waals surface area contributed by atoms with Crippen molar-refractivity contribution in [1.82, 2.24) is 4.68 Å². The minimum atomic E-state index is 0.203. The van der Waals surface area contributed by atoms with E-state index in [2.05, 4.69) is 26.3 Å². The first-order chi connectivity index (χ1) is 13.7. The van der Waals surface area contributed by atoms with Gasteiger partial charge in [-0.05, 0) is 29.8 Å². The number of halogens is 1. The van der Waals surface area contributed by atoms with Crippen molar-refractivity contribution in [2.24, 2.45) is 10.1 Å². The number of rotatable bonds is 4. The number of phenolic OH excluding ortho intramolecular Hbond substituents is 1. The highest BCUT2D eigenvalue weighted by Gasteiger charge is 2.11. The molecule has 28 heavy (non-hydrogen) atoms. The molecule has 0 aliphatic rings. The van der Waals surface area contributed by atoms with Crippen LogP contribution < -0.4 is 4.80 Å².